The predicted molar refractivity (Wildman–Crippen MR) is 226 cm³/mol. The lowest BCUT2D eigenvalue weighted by atomic mass is 10.0. The third-order valence-corrected chi connectivity index (χ3v) is 10.5. The number of benzene rings is 7. The van der Waals surface area contributed by atoms with Gasteiger partial charge in [-0.3, -0.25) is 4.57 Å². The summed E-state index contributed by atoms with van der Waals surface area (Å²) in [5.74, 6) is 1.91. The predicted octanol–water partition coefficient (Wildman–Crippen LogP) is 12.6. The van der Waals surface area contributed by atoms with Crippen LogP contribution in [0.4, 0.5) is 0 Å². The van der Waals surface area contributed by atoms with Crippen molar-refractivity contribution >= 4 is 43.9 Å². The summed E-state index contributed by atoms with van der Waals surface area (Å²) < 4.78 is 9.23. The van der Waals surface area contributed by atoms with Crippen molar-refractivity contribution in [2.75, 3.05) is 0 Å². The number of rotatable bonds is 6. The molecule has 0 N–H and O–H groups in total. The fourth-order valence-electron chi connectivity index (χ4n) is 7.82. The lowest BCUT2D eigenvalue weighted by Crippen LogP contribution is -2.00. The van der Waals surface area contributed by atoms with Gasteiger partial charge in [0.1, 0.15) is 5.69 Å². The lowest BCUT2D eigenvalue weighted by Gasteiger charge is -2.11. The van der Waals surface area contributed by atoms with Crippen LogP contribution in [0.25, 0.3) is 106 Å². The molecule has 0 atom stereocenters. The van der Waals surface area contributed by atoms with Crippen LogP contribution >= 0.6 is 0 Å². The third-order valence-electron chi connectivity index (χ3n) is 10.5. The SMILES string of the molecule is c1ccc(-c2nc(-c3ccccc3)nc(-c3ccc(-c4cccc(-n5c6ccccc6c6c7c(oc65)c(-c5ccccc5)nc5ccccc57)c4)cc3)n2)cc1. The summed E-state index contributed by atoms with van der Waals surface area (Å²) in [6.07, 6.45) is 0. The summed E-state index contributed by atoms with van der Waals surface area (Å²) in [5, 5.41) is 4.37. The molecule has 0 unspecified atom stereocenters. The average molecular weight is 718 g/mol. The van der Waals surface area contributed by atoms with Gasteiger partial charge in [-0.1, -0.05) is 164 Å². The molecule has 0 aliphatic heterocycles. The fourth-order valence-corrected chi connectivity index (χ4v) is 7.82. The number of aromatic nitrogens is 5. The van der Waals surface area contributed by atoms with Crippen molar-refractivity contribution in [2.45, 2.75) is 0 Å². The van der Waals surface area contributed by atoms with Crippen LogP contribution in [0.3, 0.4) is 0 Å². The second-order valence-electron chi connectivity index (χ2n) is 13.8. The quantitative estimate of drug-likeness (QED) is 0.171. The van der Waals surface area contributed by atoms with E-state index in [0.29, 0.717) is 17.5 Å². The van der Waals surface area contributed by atoms with Crippen LogP contribution in [0.5, 0.6) is 0 Å². The summed E-state index contributed by atoms with van der Waals surface area (Å²) in [5.41, 5.74) is 11.4. The second-order valence-corrected chi connectivity index (χ2v) is 13.8. The molecular formula is C50H31N5O. The molecule has 0 aliphatic rings. The van der Waals surface area contributed by atoms with E-state index < -0.39 is 0 Å². The monoisotopic (exact) mass is 717 g/mol. The minimum absolute atomic E-state index is 0.626. The van der Waals surface area contributed by atoms with Crippen LogP contribution in [-0.2, 0) is 0 Å². The average Bonchev–Trinajstić information content (AvgIpc) is 3.82. The first-order chi connectivity index (χ1) is 27.8. The van der Waals surface area contributed by atoms with Crippen molar-refractivity contribution in [3.8, 4) is 62.2 Å². The van der Waals surface area contributed by atoms with Gasteiger partial charge in [0.25, 0.3) is 0 Å². The molecule has 0 amide bonds. The van der Waals surface area contributed by atoms with Gasteiger partial charge in [0.2, 0.25) is 5.71 Å². The maximum Gasteiger partial charge on any atom is 0.213 e. The molecule has 11 aromatic rings. The van der Waals surface area contributed by atoms with Crippen LogP contribution in [-0.4, -0.2) is 24.5 Å². The number of nitrogens with zero attached hydrogens (tertiary/aromatic N) is 5. The van der Waals surface area contributed by atoms with E-state index in [4.69, 9.17) is 24.4 Å². The zero-order chi connectivity index (χ0) is 37.0. The minimum atomic E-state index is 0.626. The molecule has 6 heteroatoms. The van der Waals surface area contributed by atoms with E-state index in [1.54, 1.807) is 0 Å². The van der Waals surface area contributed by atoms with E-state index in [9.17, 15) is 0 Å². The van der Waals surface area contributed by atoms with Crippen molar-refractivity contribution in [1.82, 2.24) is 24.5 Å². The van der Waals surface area contributed by atoms with E-state index >= 15 is 0 Å². The number of furan rings is 1. The zero-order valence-corrected chi connectivity index (χ0v) is 30.0. The highest BCUT2D eigenvalue weighted by Gasteiger charge is 2.24. The Morgan fingerprint density at radius 3 is 1.55 bits per heavy atom. The smallest absolute Gasteiger partial charge is 0.213 e. The van der Waals surface area contributed by atoms with Gasteiger partial charge in [0, 0.05) is 44.1 Å². The first kappa shape index (κ1) is 31.8. The molecule has 11 rings (SSSR count). The molecule has 0 aliphatic carbocycles. The van der Waals surface area contributed by atoms with Crippen LogP contribution in [0.1, 0.15) is 0 Å². The van der Waals surface area contributed by atoms with Gasteiger partial charge >= 0.3 is 0 Å². The largest absolute Gasteiger partial charge is 0.437 e. The van der Waals surface area contributed by atoms with Gasteiger partial charge < -0.3 is 4.42 Å². The van der Waals surface area contributed by atoms with Crippen molar-refractivity contribution in [2.24, 2.45) is 0 Å². The lowest BCUT2D eigenvalue weighted by molar-refractivity contribution is 0.645. The Morgan fingerprint density at radius 2 is 0.893 bits per heavy atom. The highest BCUT2D eigenvalue weighted by atomic mass is 16.3. The molecule has 0 saturated heterocycles. The minimum Gasteiger partial charge on any atom is -0.437 e. The maximum absolute atomic E-state index is 6.99. The molecule has 0 saturated carbocycles. The first-order valence-electron chi connectivity index (χ1n) is 18.6. The molecule has 4 aromatic heterocycles. The van der Waals surface area contributed by atoms with E-state index in [-0.39, 0.29) is 0 Å². The normalized spacial score (nSPS) is 11.6. The number of fused-ring (bicyclic) bond motifs is 7. The summed E-state index contributed by atoms with van der Waals surface area (Å²) in [7, 11) is 0. The topological polar surface area (TPSA) is 69.6 Å². The Morgan fingerprint density at radius 1 is 0.375 bits per heavy atom. The summed E-state index contributed by atoms with van der Waals surface area (Å²) in [6, 6.07) is 64.4. The summed E-state index contributed by atoms with van der Waals surface area (Å²) >= 11 is 0. The molecule has 0 bridgehead atoms. The second kappa shape index (κ2) is 13.0. The molecule has 6 nitrogen and oxygen atoms in total. The summed E-state index contributed by atoms with van der Waals surface area (Å²) in [4.78, 5) is 19.9. The number of hydrogen-bond acceptors (Lipinski definition) is 5. The fraction of sp³-hybridized carbons (Fsp3) is 0. The molecule has 0 radical (unpaired) electrons. The van der Waals surface area contributed by atoms with E-state index in [2.05, 4.69) is 108 Å². The highest BCUT2D eigenvalue weighted by molar-refractivity contribution is 6.28. The van der Waals surface area contributed by atoms with Crippen LogP contribution in [0.15, 0.2) is 192 Å². The molecule has 262 valence electrons. The first-order valence-corrected chi connectivity index (χ1v) is 18.6. The molecule has 56 heavy (non-hydrogen) atoms. The van der Waals surface area contributed by atoms with Gasteiger partial charge in [-0.05, 0) is 35.4 Å². The van der Waals surface area contributed by atoms with Gasteiger partial charge in [0.15, 0.2) is 23.1 Å². The highest BCUT2D eigenvalue weighted by Crippen LogP contribution is 2.44. The van der Waals surface area contributed by atoms with Crippen molar-refractivity contribution < 1.29 is 4.42 Å². The van der Waals surface area contributed by atoms with E-state index in [0.717, 1.165) is 88.6 Å². The van der Waals surface area contributed by atoms with Gasteiger partial charge in [-0.25, -0.2) is 19.9 Å². The molecule has 4 heterocycles. The van der Waals surface area contributed by atoms with Crippen LogP contribution in [0, 0.1) is 0 Å². The molecule has 0 fully saturated rings. The zero-order valence-electron chi connectivity index (χ0n) is 30.0. The van der Waals surface area contributed by atoms with E-state index in [1.165, 1.54) is 0 Å². The Labute approximate surface area is 322 Å². The molecular weight excluding hydrogens is 687 g/mol. The third kappa shape index (κ3) is 5.27. The molecule has 0 spiro atoms. The van der Waals surface area contributed by atoms with Gasteiger partial charge in [-0.15, -0.1) is 0 Å². The maximum atomic E-state index is 6.99. The van der Waals surface area contributed by atoms with Crippen molar-refractivity contribution in [3.63, 3.8) is 0 Å². The Kier molecular flexibility index (Phi) is 7.38. The van der Waals surface area contributed by atoms with Crippen molar-refractivity contribution in [1.29, 1.82) is 0 Å². The Bertz CT molecular complexity index is 3170. The Hall–Kier alpha value is -7.70. The standard InChI is InChI=1S/C50H31N5O/c1-4-15-33(16-5-1)45-46-43(39-23-10-12-25-41(39)51-45)44-40-24-11-13-26-42(40)55(50(44)56-46)38-22-14-21-37(31-38)32-27-29-36(30-28-32)49-53-47(34-17-6-2-7-18-34)52-48(54-49)35-19-8-3-9-20-35/h1-31H. The van der Waals surface area contributed by atoms with Crippen molar-refractivity contribution in [3.05, 3.63) is 188 Å². The van der Waals surface area contributed by atoms with Crippen LogP contribution in [0.2, 0.25) is 0 Å². The van der Waals surface area contributed by atoms with Gasteiger partial charge in [-0.2, -0.15) is 0 Å². The van der Waals surface area contributed by atoms with Crippen LogP contribution < -0.4 is 0 Å². The number of hydrogen-bond donors (Lipinski definition) is 0. The van der Waals surface area contributed by atoms with E-state index in [1.807, 2.05) is 84.9 Å². The number of pyridine rings is 1. The van der Waals surface area contributed by atoms with Gasteiger partial charge in [0.05, 0.1) is 16.4 Å². The molecule has 7 aromatic carbocycles. The number of para-hydroxylation sites is 2. The summed E-state index contributed by atoms with van der Waals surface area (Å²) in [6.45, 7) is 0. The Balaban J connectivity index is 1.04.